The second-order valence-corrected chi connectivity index (χ2v) is 9.53. The molecule has 0 amide bonds. The van der Waals surface area contributed by atoms with Crippen molar-refractivity contribution in [2.75, 3.05) is 13.1 Å². The van der Waals surface area contributed by atoms with Crippen molar-refractivity contribution in [1.29, 1.82) is 0 Å². The molecule has 1 rings (SSSR count). The van der Waals surface area contributed by atoms with Gasteiger partial charge in [-0.3, -0.25) is 0 Å². The van der Waals surface area contributed by atoms with Gasteiger partial charge in [0.25, 0.3) is 0 Å². The predicted octanol–water partition coefficient (Wildman–Crippen LogP) is 4.13. The largest absolute Gasteiger partial charge is 0.321 e. The van der Waals surface area contributed by atoms with Crippen molar-refractivity contribution in [2.45, 2.75) is 52.6 Å². The fraction of sp³-hybridized carbons (Fsp3) is 0.714. The Kier molecular flexibility index (Phi) is 5.00. The third-order valence-corrected chi connectivity index (χ3v) is 7.05. The molecule has 0 saturated heterocycles. The third-order valence-electron chi connectivity index (χ3n) is 3.73. The summed E-state index contributed by atoms with van der Waals surface area (Å²) in [6, 6.07) is 0. The highest BCUT2D eigenvalue weighted by molar-refractivity contribution is 6.79. The molecule has 0 radical (unpaired) electrons. The van der Waals surface area contributed by atoms with Gasteiger partial charge in [-0.1, -0.05) is 50.4 Å². The summed E-state index contributed by atoms with van der Waals surface area (Å²) in [5.74, 6) is 0. The lowest BCUT2D eigenvalue weighted by Crippen LogP contribution is -2.47. The molecule has 1 fully saturated rings. The summed E-state index contributed by atoms with van der Waals surface area (Å²) in [5.41, 5.74) is 5.55. The minimum absolute atomic E-state index is 1.17. The minimum atomic E-state index is -1.35. The van der Waals surface area contributed by atoms with Crippen LogP contribution < -0.4 is 0 Å². The summed E-state index contributed by atoms with van der Waals surface area (Å²) in [6.07, 6.45) is 5.17. The molecule has 0 spiro atoms. The van der Waals surface area contributed by atoms with E-state index < -0.39 is 8.24 Å². The van der Waals surface area contributed by atoms with Gasteiger partial charge in [0.2, 0.25) is 0 Å². The van der Waals surface area contributed by atoms with Crippen LogP contribution in [0.5, 0.6) is 0 Å². The quantitative estimate of drug-likeness (QED) is 0.665. The van der Waals surface area contributed by atoms with Gasteiger partial charge in [0.05, 0.1) is 0 Å². The van der Waals surface area contributed by atoms with Crippen LogP contribution >= 0.6 is 0 Å². The van der Waals surface area contributed by atoms with E-state index in [1.54, 1.807) is 5.57 Å². The first kappa shape index (κ1) is 13.7. The standard InChI is InChI=1S/C14H27NSi/c1-6-15(7-2)16(4,5)12-14-11-9-8-10-13(14)3/h12H,3,6-11H2,1-2,4-5H3/b14-12-. The number of hydrogen-bond acceptors (Lipinski definition) is 1. The van der Waals surface area contributed by atoms with E-state index in [1.165, 1.54) is 44.3 Å². The smallest absolute Gasteiger partial charge is 0.147 e. The van der Waals surface area contributed by atoms with Gasteiger partial charge in [0, 0.05) is 0 Å². The van der Waals surface area contributed by atoms with Crippen LogP contribution in [0.25, 0.3) is 0 Å². The molecule has 1 nitrogen and oxygen atoms in total. The van der Waals surface area contributed by atoms with Gasteiger partial charge < -0.3 is 4.57 Å². The highest BCUT2D eigenvalue weighted by atomic mass is 28.3. The first-order valence-corrected chi connectivity index (χ1v) is 9.68. The van der Waals surface area contributed by atoms with Crippen LogP contribution in [0, 0.1) is 0 Å². The normalized spacial score (nSPS) is 20.8. The Labute approximate surface area is 102 Å². The Hall–Kier alpha value is -0.343. The van der Waals surface area contributed by atoms with Crippen molar-refractivity contribution in [3.63, 3.8) is 0 Å². The molecule has 1 saturated carbocycles. The molecule has 0 unspecified atom stereocenters. The van der Waals surface area contributed by atoms with Crippen molar-refractivity contribution in [3.8, 4) is 0 Å². The molecule has 0 aromatic carbocycles. The maximum Gasteiger partial charge on any atom is 0.147 e. The zero-order chi connectivity index (χ0) is 12.2. The Morgan fingerprint density at radius 3 is 2.25 bits per heavy atom. The van der Waals surface area contributed by atoms with Gasteiger partial charge >= 0.3 is 0 Å². The summed E-state index contributed by atoms with van der Waals surface area (Å²) in [4.78, 5) is 0. The van der Waals surface area contributed by atoms with E-state index in [0.29, 0.717) is 0 Å². The van der Waals surface area contributed by atoms with Crippen LogP contribution in [0.2, 0.25) is 13.1 Å². The van der Waals surface area contributed by atoms with E-state index in [-0.39, 0.29) is 0 Å². The molecular formula is C14H27NSi. The van der Waals surface area contributed by atoms with Crippen molar-refractivity contribution >= 4 is 8.24 Å². The number of rotatable bonds is 4. The predicted molar refractivity (Wildman–Crippen MR) is 76.1 cm³/mol. The molecule has 2 heteroatoms. The fourth-order valence-corrected chi connectivity index (χ4v) is 5.74. The Bertz CT molecular complexity index is 274. The van der Waals surface area contributed by atoms with Gasteiger partial charge in [0.1, 0.15) is 8.24 Å². The lowest BCUT2D eigenvalue weighted by molar-refractivity contribution is 0.473. The Morgan fingerprint density at radius 1 is 1.19 bits per heavy atom. The van der Waals surface area contributed by atoms with E-state index in [0.717, 1.165) is 0 Å². The lowest BCUT2D eigenvalue weighted by atomic mass is 9.92. The molecule has 16 heavy (non-hydrogen) atoms. The number of allylic oxidation sites excluding steroid dienone is 2. The summed E-state index contributed by atoms with van der Waals surface area (Å²) in [5, 5.41) is 0. The van der Waals surface area contributed by atoms with Crippen LogP contribution in [-0.4, -0.2) is 25.9 Å². The third kappa shape index (κ3) is 3.32. The van der Waals surface area contributed by atoms with Gasteiger partial charge in [0.15, 0.2) is 0 Å². The van der Waals surface area contributed by atoms with Gasteiger partial charge in [-0.2, -0.15) is 0 Å². The number of hydrogen-bond donors (Lipinski definition) is 0. The Morgan fingerprint density at radius 2 is 1.75 bits per heavy atom. The maximum absolute atomic E-state index is 4.23. The monoisotopic (exact) mass is 237 g/mol. The lowest BCUT2D eigenvalue weighted by Gasteiger charge is -2.34. The second-order valence-electron chi connectivity index (χ2n) is 5.31. The van der Waals surface area contributed by atoms with E-state index in [1.807, 2.05) is 0 Å². The molecule has 0 N–H and O–H groups in total. The second kappa shape index (κ2) is 5.83. The molecule has 0 bridgehead atoms. The molecule has 0 aliphatic heterocycles. The highest BCUT2D eigenvalue weighted by Crippen LogP contribution is 2.29. The molecule has 1 aliphatic carbocycles. The van der Waals surface area contributed by atoms with Crippen molar-refractivity contribution in [3.05, 3.63) is 23.4 Å². The van der Waals surface area contributed by atoms with Crippen LogP contribution in [0.3, 0.4) is 0 Å². The zero-order valence-corrected chi connectivity index (χ0v) is 12.5. The van der Waals surface area contributed by atoms with Gasteiger partial charge in [-0.25, -0.2) is 0 Å². The first-order chi connectivity index (χ1) is 7.51. The SMILES string of the molecule is C=C1CCCC/C1=C/[Si](C)(C)N(CC)CC. The van der Waals surface area contributed by atoms with Crippen molar-refractivity contribution < 1.29 is 0 Å². The molecule has 0 heterocycles. The van der Waals surface area contributed by atoms with Crippen LogP contribution in [0.1, 0.15) is 39.5 Å². The summed E-state index contributed by atoms with van der Waals surface area (Å²) >= 11 is 0. The topological polar surface area (TPSA) is 3.24 Å². The number of nitrogens with zero attached hydrogens (tertiary/aromatic N) is 1. The Balaban J connectivity index is 2.82. The summed E-state index contributed by atoms with van der Waals surface area (Å²) < 4.78 is 2.64. The molecule has 0 atom stereocenters. The van der Waals surface area contributed by atoms with Gasteiger partial charge in [-0.15, -0.1) is 0 Å². The summed E-state index contributed by atoms with van der Waals surface area (Å²) in [7, 11) is -1.35. The molecule has 0 aromatic rings. The molecule has 0 aromatic heterocycles. The van der Waals surface area contributed by atoms with Crippen molar-refractivity contribution in [2.24, 2.45) is 0 Å². The molecule has 1 aliphatic rings. The summed E-state index contributed by atoms with van der Waals surface area (Å²) in [6.45, 7) is 16.0. The average Bonchev–Trinajstić information content (AvgIpc) is 2.22. The van der Waals surface area contributed by atoms with Crippen LogP contribution in [-0.2, 0) is 0 Å². The minimum Gasteiger partial charge on any atom is -0.321 e. The van der Waals surface area contributed by atoms with Crippen LogP contribution in [0.4, 0.5) is 0 Å². The van der Waals surface area contributed by atoms with Crippen molar-refractivity contribution in [1.82, 2.24) is 4.57 Å². The maximum atomic E-state index is 4.23. The molecule has 92 valence electrons. The molecular weight excluding hydrogens is 210 g/mol. The average molecular weight is 237 g/mol. The first-order valence-electron chi connectivity index (χ1n) is 6.66. The van der Waals surface area contributed by atoms with E-state index in [9.17, 15) is 0 Å². The van der Waals surface area contributed by atoms with Gasteiger partial charge in [-0.05, 0) is 38.8 Å². The zero-order valence-electron chi connectivity index (χ0n) is 11.5. The van der Waals surface area contributed by atoms with E-state index in [2.05, 4.69) is 43.8 Å². The fourth-order valence-electron chi connectivity index (χ4n) is 2.72. The van der Waals surface area contributed by atoms with Crippen LogP contribution in [0.15, 0.2) is 23.4 Å². The van der Waals surface area contributed by atoms with E-state index in [4.69, 9.17) is 0 Å². The highest BCUT2D eigenvalue weighted by Gasteiger charge is 2.26. The van der Waals surface area contributed by atoms with E-state index >= 15 is 0 Å².